The third-order valence-corrected chi connectivity index (χ3v) is 2.28. The molecule has 1 aromatic carbocycles. The summed E-state index contributed by atoms with van der Waals surface area (Å²) in [7, 11) is 0. The monoisotopic (exact) mass is 217 g/mol. The second-order valence-corrected chi connectivity index (χ2v) is 4.11. The first-order valence-electron chi connectivity index (χ1n) is 5.32. The molecule has 4 heteroatoms. The molecule has 2 aromatic rings. The van der Waals surface area contributed by atoms with Gasteiger partial charge in [0.2, 0.25) is 11.8 Å². The molecule has 1 aromatic heterocycles. The topological polar surface area (TPSA) is 64.9 Å². The standard InChI is InChI=1S/C12H15N3O/c1-8(2)12-15-14-11(16-12)7-9-4-3-5-10(13)6-9/h3-6,8H,7,13H2,1-2H3. The molecule has 0 amide bonds. The number of nitrogens with zero attached hydrogens (tertiary/aromatic N) is 2. The van der Waals surface area contributed by atoms with Crippen molar-refractivity contribution < 1.29 is 4.42 Å². The van der Waals surface area contributed by atoms with E-state index < -0.39 is 0 Å². The molecule has 2 N–H and O–H groups in total. The third kappa shape index (κ3) is 2.39. The predicted molar refractivity (Wildman–Crippen MR) is 62.0 cm³/mol. The van der Waals surface area contributed by atoms with Crippen molar-refractivity contribution in [2.24, 2.45) is 0 Å². The number of hydrogen-bond donors (Lipinski definition) is 1. The fourth-order valence-corrected chi connectivity index (χ4v) is 1.45. The second-order valence-electron chi connectivity index (χ2n) is 4.11. The van der Waals surface area contributed by atoms with Crippen LogP contribution in [0.15, 0.2) is 28.7 Å². The van der Waals surface area contributed by atoms with Gasteiger partial charge in [-0.2, -0.15) is 0 Å². The molecular formula is C12H15N3O. The van der Waals surface area contributed by atoms with Crippen LogP contribution in [0, 0.1) is 0 Å². The zero-order chi connectivity index (χ0) is 11.5. The first-order valence-corrected chi connectivity index (χ1v) is 5.32. The Kier molecular flexibility index (Phi) is 2.90. The molecule has 0 bridgehead atoms. The van der Waals surface area contributed by atoms with Gasteiger partial charge in [-0.25, -0.2) is 0 Å². The van der Waals surface area contributed by atoms with Gasteiger partial charge < -0.3 is 10.2 Å². The summed E-state index contributed by atoms with van der Waals surface area (Å²) >= 11 is 0. The van der Waals surface area contributed by atoms with E-state index in [1.807, 2.05) is 38.1 Å². The molecule has 84 valence electrons. The van der Waals surface area contributed by atoms with Gasteiger partial charge in [-0.15, -0.1) is 10.2 Å². The van der Waals surface area contributed by atoms with E-state index in [0.717, 1.165) is 11.3 Å². The summed E-state index contributed by atoms with van der Waals surface area (Å²) < 4.78 is 5.53. The van der Waals surface area contributed by atoms with Crippen molar-refractivity contribution in [3.8, 4) is 0 Å². The maximum Gasteiger partial charge on any atom is 0.220 e. The van der Waals surface area contributed by atoms with Gasteiger partial charge in [0, 0.05) is 11.6 Å². The van der Waals surface area contributed by atoms with Crippen molar-refractivity contribution >= 4 is 5.69 Å². The van der Waals surface area contributed by atoms with E-state index in [1.165, 1.54) is 0 Å². The van der Waals surface area contributed by atoms with Crippen LogP contribution in [0.5, 0.6) is 0 Å². The summed E-state index contributed by atoms with van der Waals surface area (Å²) in [5, 5.41) is 7.99. The van der Waals surface area contributed by atoms with Crippen molar-refractivity contribution in [1.82, 2.24) is 10.2 Å². The normalized spacial score (nSPS) is 10.9. The Balaban J connectivity index is 2.14. The Labute approximate surface area is 94.5 Å². The lowest BCUT2D eigenvalue weighted by Crippen LogP contribution is -1.91. The minimum absolute atomic E-state index is 0.266. The molecule has 0 atom stereocenters. The number of rotatable bonds is 3. The van der Waals surface area contributed by atoms with Gasteiger partial charge in [-0.3, -0.25) is 0 Å². The molecule has 0 fully saturated rings. The molecule has 16 heavy (non-hydrogen) atoms. The highest BCUT2D eigenvalue weighted by Gasteiger charge is 2.09. The Morgan fingerprint density at radius 1 is 1.31 bits per heavy atom. The number of anilines is 1. The highest BCUT2D eigenvalue weighted by atomic mass is 16.4. The minimum Gasteiger partial charge on any atom is -0.425 e. The largest absolute Gasteiger partial charge is 0.425 e. The highest BCUT2D eigenvalue weighted by molar-refractivity contribution is 5.41. The van der Waals surface area contributed by atoms with E-state index in [0.29, 0.717) is 18.2 Å². The summed E-state index contributed by atoms with van der Waals surface area (Å²) in [4.78, 5) is 0. The number of nitrogen functional groups attached to an aromatic ring is 1. The quantitative estimate of drug-likeness (QED) is 0.801. The van der Waals surface area contributed by atoms with E-state index in [-0.39, 0.29) is 5.92 Å². The Hall–Kier alpha value is -1.84. The lowest BCUT2D eigenvalue weighted by Gasteiger charge is -1.98. The molecule has 0 unspecified atom stereocenters. The third-order valence-electron chi connectivity index (χ3n) is 2.28. The van der Waals surface area contributed by atoms with Crippen LogP contribution in [0.25, 0.3) is 0 Å². The van der Waals surface area contributed by atoms with E-state index in [1.54, 1.807) is 0 Å². The van der Waals surface area contributed by atoms with Gasteiger partial charge in [0.05, 0.1) is 6.42 Å². The lowest BCUT2D eigenvalue weighted by molar-refractivity contribution is 0.439. The SMILES string of the molecule is CC(C)c1nnc(Cc2cccc(N)c2)o1. The van der Waals surface area contributed by atoms with Crippen molar-refractivity contribution in [2.75, 3.05) is 5.73 Å². The zero-order valence-corrected chi connectivity index (χ0v) is 9.47. The van der Waals surface area contributed by atoms with Crippen molar-refractivity contribution in [3.63, 3.8) is 0 Å². The number of nitrogens with two attached hydrogens (primary N) is 1. The van der Waals surface area contributed by atoms with Gasteiger partial charge in [0.25, 0.3) is 0 Å². The molecule has 0 aliphatic heterocycles. The summed E-state index contributed by atoms with van der Waals surface area (Å²) in [5.74, 6) is 1.58. The van der Waals surface area contributed by atoms with Gasteiger partial charge in [-0.1, -0.05) is 26.0 Å². The Morgan fingerprint density at radius 2 is 2.12 bits per heavy atom. The summed E-state index contributed by atoms with van der Waals surface area (Å²) in [6, 6.07) is 7.69. The molecule has 2 rings (SSSR count). The summed E-state index contributed by atoms with van der Waals surface area (Å²) in [6.45, 7) is 4.05. The number of benzene rings is 1. The summed E-state index contributed by atoms with van der Waals surface area (Å²) in [5.41, 5.74) is 7.53. The van der Waals surface area contributed by atoms with Crippen LogP contribution >= 0.6 is 0 Å². The average Bonchev–Trinajstić information content (AvgIpc) is 2.66. The highest BCUT2D eigenvalue weighted by Crippen LogP contribution is 2.15. The second kappa shape index (κ2) is 4.35. The van der Waals surface area contributed by atoms with Crippen LogP contribution in [0.1, 0.15) is 37.1 Å². The van der Waals surface area contributed by atoms with Gasteiger partial charge in [0.15, 0.2) is 0 Å². The Bertz CT molecular complexity index is 477. The smallest absolute Gasteiger partial charge is 0.220 e. The van der Waals surface area contributed by atoms with Crippen molar-refractivity contribution in [1.29, 1.82) is 0 Å². The van der Waals surface area contributed by atoms with Gasteiger partial charge in [-0.05, 0) is 17.7 Å². The van der Waals surface area contributed by atoms with E-state index in [9.17, 15) is 0 Å². The molecule has 0 radical (unpaired) electrons. The average molecular weight is 217 g/mol. The van der Waals surface area contributed by atoms with E-state index in [2.05, 4.69) is 10.2 Å². The minimum atomic E-state index is 0.266. The van der Waals surface area contributed by atoms with Gasteiger partial charge >= 0.3 is 0 Å². The van der Waals surface area contributed by atoms with E-state index in [4.69, 9.17) is 10.2 Å². The lowest BCUT2D eigenvalue weighted by atomic mass is 10.1. The van der Waals surface area contributed by atoms with Crippen LogP contribution < -0.4 is 5.73 Å². The fourth-order valence-electron chi connectivity index (χ4n) is 1.45. The van der Waals surface area contributed by atoms with Crippen LogP contribution in [0.4, 0.5) is 5.69 Å². The van der Waals surface area contributed by atoms with Crippen LogP contribution in [0.2, 0.25) is 0 Å². The number of aromatic nitrogens is 2. The Morgan fingerprint density at radius 3 is 2.75 bits per heavy atom. The maximum absolute atomic E-state index is 5.70. The first kappa shape index (κ1) is 10.7. The molecule has 0 aliphatic rings. The van der Waals surface area contributed by atoms with Crippen LogP contribution in [-0.4, -0.2) is 10.2 Å². The van der Waals surface area contributed by atoms with E-state index >= 15 is 0 Å². The first-order chi connectivity index (χ1) is 7.65. The molecule has 4 nitrogen and oxygen atoms in total. The zero-order valence-electron chi connectivity index (χ0n) is 9.47. The summed E-state index contributed by atoms with van der Waals surface area (Å²) in [6.07, 6.45) is 0.630. The number of hydrogen-bond acceptors (Lipinski definition) is 4. The molecule has 1 heterocycles. The maximum atomic E-state index is 5.70. The molecule has 0 aliphatic carbocycles. The van der Waals surface area contributed by atoms with Crippen LogP contribution in [0.3, 0.4) is 0 Å². The fraction of sp³-hybridized carbons (Fsp3) is 0.333. The van der Waals surface area contributed by atoms with Gasteiger partial charge in [0.1, 0.15) is 0 Å². The molecule has 0 saturated heterocycles. The molecular weight excluding hydrogens is 202 g/mol. The molecule has 0 spiro atoms. The van der Waals surface area contributed by atoms with Crippen molar-refractivity contribution in [2.45, 2.75) is 26.2 Å². The predicted octanol–water partition coefficient (Wildman–Crippen LogP) is 2.37. The van der Waals surface area contributed by atoms with Crippen molar-refractivity contribution in [3.05, 3.63) is 41.6 Å². The molecule has 0 saturated carbocycles. The van der Waals surface area contributed by atoms with Crippen LogP contribution in [-0.2, 0) is 6.42 Å².